The summed E-state index contributed by atoms with van der Waals surface area (Å²) in [6.45, 7) is 9.64. The molecule has 3 rings (SSSR count). The van der Waals surface area contributed by atoms with Crippen LogP contribution in [0.25, 0.3) is 0 Å². The molecule has 3 aliphatic rings. The summed E-state index contributed by atoms with van der Waals surface area (Å²) in [5, 5.41) is 9.55. The summed E-state index contributed by atoms with van der Waals surface area (Å²) in [7, 11) is 0. The van der Waals surface area contributed by atoms with Crippen molar-refractivity contribution in [2.24, 2.45) is 17.3 Å². The summed E-state index contributed by atoms with van der Waals surface area (Å²) in [6.07, 6.45) is 4.75. The molecule has 1 amide bonds. The van der Waals surface area contributed by atoms with E-state index in [1.54, 1.807) is 4.90 Å². The van der Waals surface area contributed by atoms with Crippen molar-refractivity contribution in [3.05, 3.63) is 0 Å². The third-order valence-electron chi connectivity index (χ3n) is 5.80. The van der Waals surface area contributed by atoms with Crippen molar-refractivity contribution in [3.8, 4) is 0 Å². The minimum Gasteiger partial charge on any atom is -0.465 e. The van der Waals surface area contributed by atoms with Crippen molar-refractivity contribution in [2.75, 3.05) is 6.54 Å². The van der Waals surface area contributed by atoms with Crippen LogP contribution >= 0.6 is 0 Å². The van der Waals surface area contributed by atoms with E-state index >= 15 is 0 Å². The van der Waals surface area contributed by atoms with Gasteiger partial charge in [-0.2, -0.15) is 0 Å². The Morgan fingerprint density at radius 3 is 2.50 bits per heavy atom. The van der Waals surface area contributed by atoms with Crippen molar-refractivity contribution in [2.45, 2.75) is 65.3 Å². The molecule has 3 atom stereocenters. The van der Waals surface area contributed by atoms with E-state index in [-0.39, 0.29) is 5.54 Å². The number of amides is 1. The van der Waals surface area contributed by atoms with Gasteiger partial charge in [0.05, 0.1) is 0 Å². The first-order chi connectivity index (χ1) is 8.34. The maximum atomic E-state index is 11.6. The lowest BCUT2D eigenvalue weighted by atomic mass is 9.43. The summed E-state index contributed by atoms with van der Waals surface area (Å²) in [5.74, 6) is 1.36. The van der Waals surface area contributed by atoms with E-state index < -0.39 is 6.09 Å². The lowest BCUT2D eigenvalue weighted by Crippen LogP contribution is -2.67. The topological polar surface area (TPSA) is 40.5 Å². The molecule has 3 fully saturated rings. The zero-order valence-electron chi connectivity index (χ0n) is 12.2. The van der Waals surface area contributed by atoms with Crippen LogP contribution in [-0.4, -0.2) is 28.2 Å². The van der Waals surface area contributed by atoms with Crippen LogP contribution in [0.15, 0.2) is 0 Å². The largest absolute Gasteiger partial charge is 0.465 e. The molecule has 3 saturated carbocycles. The summed E-state index contributed by atoms with van der Waals surface area (Å²) in [5.41, 5.74) is 0.187. The van der Waals surface area contributed by atoms with Crippen LogP contribution in [0, 0.1) is 17.3 Å². The molecule has 3 unspecified atom stereocenters. The van der Waals surface area contributed by atoms with Gasteiger partial charge in [-0.3, -0.25) is 0 Å². The van der Waals surface area contributed by atoms with E-state index in [9.17, 15) is 9.90 Å². The van der Waals surface area contributed by atoms with E-state index in [4.69, 9.17) is 0 Å². The predicted molar refractivity (Wildman–Crippen MR) is 72.7 cm³/mol. The second-order valence-electron chi connectivity index (χ2n) is 6.99. The molecule has 0 spiro atoms. The highest BCUT2D eigenvalue weighted by Crippen LogP contribution is 2.64. The second-order valence-corrected chi connectivity index (χ2v) is 6.99. The number of carbonyl (C=O) groups is 1. The molecule has 104 valence electrons. The fourth-order valence-corrected chi connectivity index (χ4v) is 4.41. The maximum Gasteiger partial charge on any atom is 0.407 e. The van der Waals surface area contributed by atoms with Gasteiger partial charge in [-0.1, -0.05) is 27.2 Å². The highest BCUT2D eigenvalue weighted by Gasteiger charge is 2.61. The number of rotatable bonds is 4. The van der Waals surface area contributed by atoms with Crippen molar-refractivity contribution in [3.63, 3.8) is 0 Å². The first-order valence-corrected chi connectivity index (χ1v) is 7.34. The van der Waals surface area contributed by atoms with Crippen LogP contribution in [0.5, 0.6) is 0 Å². The van der Waals surface area contributed by atoms with Gasteiger partial charge in [-0.25, -0.2) is 4.79 Å². The van der Waals surface area contributed by atoms with Crippen LogP contribution in [0.4, 0.5) is 4.79 Å². The summed E-state index contributed by atoms with van der Waals surface area (Å²) >= 11 is 0. The number of hydrogen-bond acceptors (Lipinski definition) is 1. The maximum absolute atomic E-state index is 11.6. The SMILES string of the molecule is CCCCN(C(=O)O)C1(C)CCC2CC1C2(C)C. The standard InChI is InChI=1S/C15H27NO2/c1-5-6-9-16(13(17)18)15(4)8-7-11-10-12(15)14(11,2)3/h11-12H,5-10H2,1-4H3,(H,17,18). The zero-order valence-corrected chi connectivity index (χ0v) is 12.2. The number of unbranched alkanes of at least 4 members (excludes halogenated alkanes) is 1. The summed E-state index contributed by atoms with van der Waals surface area (Å²) in [4.78, 5) is 13.4. The van der Waals surface area contributed by atoms with Crippen LogP contribution in [-0.2, 0) is 0 Å². The fraction of sp³-hybridized carbons (Fsp3) is 0.933. The van der Waals surface area contributed by atoms with Gasteiger partial charge in [0.15, 0.2) is 0 Å². The Bertz CT molecular complexity index is 337. The smallest absolute Gasteiger partial charge is 0.407 e. The van der Waals surface area contributed by atoms with E-state index in [0.29, 0.717) is 17.9 Å². The first kappa shape index (κ1) is 13.7. The Kier molecular flexibility index (Phi) is 3.37. The number of carboxylic acid groups (broad SMARTS) is 1. The molecule has 3 heteroatoms. The van der Waals surface area contributed by atoms with Gasteiger partial charge in [0.2, 0.25) is 0 Å². The van der Waals surface area contributed by atoms with Gasteiger partial charge >= 0.3 is 6.09 Å². The summed E-state index contributed by atoms with van der Waals surface area (Å²) in [6, 6.07) is 0. The minimum absolute atomic E-state index is 0.140. The Labute approximate surface area is 111 Å². The fourth-order valence-electron chi connectivity index (χ4n) is 4.41. The Hall–Kier alpha value is -0.730. The van der Waals surface area contributed by atoms with E-state index in [1.807, 2.05) is 0 Å². The third kappa shape index (κ3) is 1.83. The van der Waals surface area contributed by atoms with Gasteiger partial charge in [-0.05, 0) is 49.9 Å². The van der Waals surface area contributed by atoms with Crippen molar-refractivity contribution in [1.82, 2.24) is 4.90 Å². The molecule has 0 aromatic rings. The highest BCUT2D eigenvalue weighted by molar-refractivity contribution is 5.66. The van der Waals surface area contributed by atoms with Crippen molar-refractivity contribution < 1.29 is 9.90 Å². The molecular weight excluding hydrogens is 226 g/mol. The normalized spacial score (nSPS) is 36.9. The van der Waals surface area contributed by atoms with Crippen LogP contribution in [0.1, 0.15) is 59.8 Å². The Balaban J connectivity index is 2.19. The molecule has 0 heterocycles. The average Bonchev–Trinajstić information content (AvgIpc) is 2.28. The van der Waals surface area contributed by atoms with E-state index in [1.165, 1.54) is 12.8 Å². The Morgan fingerprint density at radius 1 is 1.39 bits per heavy atom. The van der Waals surface area contributed by atoms with Crippen LogP contribution < -0.4 is 0 Å². The monoisotopic (exact) mass is 253 g/mol. The third-order valence-corrected chi connectivity index (χ3v) is 5.80. The molecule has 0 saturated heterocycles. The van der Waals surface area contributed by atoms with E-state index in [0.717, 1.165) is 25.2 Å². The van der Waals surface area contributed by atoms with Crippen molar-refractivity contribution in [1.29, 1.82) is 0 Å². The van der Waals surface area contributed by atoms with Crippen molar-refractivity contribution >= 4 is 6.09 Å². The lowest BCUT2D eigenvalue weighted by molar-refractivity contribution is -0.157. The minimum atomic E-state index is -0.730. The Morgan fingerprint density at radius 2 is 2.06 bits per heavy atom. The number of fused-ring (bicyclic) bond motifs is 2. The zero-order chi connectivity index (χ0) is 13.6. The van der Waals surface area contributed by atoms with Gasteiger partial charge in [0, 0.05) is 12.1 Å². The highest BCUT2D eigenvalue weighted by atomic mass is 16.4. The molecule has 3 aliphatic carbocycles. The predicted octanol–water partition coefficient (Wildman–Crippen LogP) is 3.98. The number of hydrogen-bond donors (Lipinski definition) is 1. The molecule has 18 heavy (non-hydrogen) atoms. The molecule has 0 aromatic heterocycles. The molecule has 0 radical (unpaired) electrons. The van der Waals surface area contributed by atoms with Gasteiger partial charge in [0.1, 0.15) is 0 Å². The van der Waals surface area contributed by atoms with E-state index in [2.05, 4.69) is 27.7 Å². The lowest BCUT2D eigenvalue weighted by Gasteiger charge is -2.66. The first-order valence-electron chi connectivity index (χ1n) is 7.34. The molecule has 0 aliphatic heterocycles. The molecule has 2 bridgehead atoms. The quantitative estimate of drug-likeness (QED) is 0.823. The number of nitrogens with zero attached hydrogens (tertiary/aromatic N) is 1. The molecule has 0 aromatic carbocycles. The average molecular weight is 253 g/mol. The second kappa shape index (κ2) is 4.43. The molecule has 1 N–H and O–H groups in total. The van der Waals surface area contributed by atoms with Gasteiger partial charge < -0.3 is 10.0 Å². The van der Waals surface area contributed by atoms with Gasteiger partial charge in [-0.15, -0.1) is 0 Å². The van der Waals surface area contributed by atoms with Gasteiger partial charge in [0.25, 0.3) is 0 Å². The summed E-state index contributed by atoms with van der Waals surface area (Å²) < 4.78 is 0. The molecular formula is C15H27NO2. The van der Waals surface area contributed by atoms with Crippen LogP contribution in [0.3, 0.4) is 0 Å². The molecule has 3 nitrogen and oxygen atoms in total. The van der Waals surface area contributed by atoms with Crippen LogP contribution in [0.2, 0.25) is 0 Å².